The third-order valence-corrected chi connectivity index (χ3v) is 7.30. The molecule has 1 aromatic carbocycles. The maximum absolute atomic E-state index is 13.6. The molecule has 1 N–H and O–H groups in total. The van der Waals surface area contributed by atoms with Gasteiger partial charge in [-0.2, -0.15) is 5.26 Å². The minimum absolute atomic E-state index is 0.00193. The second-order valence-electron chi connectivity index (χ2n) is 11.1. The number of esters is 1. The summed E-state index contributed by atoms with van der Waals surface area (Å²) in [5, 5.41) is 10.2. The monoisotopic (exact) mass is 522 g/mol. The van der Waals surface area contributed by atoms with Gasteiger partial charge in [0.05, 0.1) is 24.7 Å². The first kappa shape index (κ1) is 27.5. The second kappa shape index (κ2) is 11.5. The first-order valence-electron chi connectivity index (χ1n) is 13.6. The van der Waals surface area contributed by atoms with Crippen molar-refractivity contribution in [3.8, 4) is 6.07 Å². The van der Waals surface area contributed by atoms with Crippen LogP contribution in [0.4, 0.5) is 4.79 Å². The number of aryl methyl sites for hydroxylation is 1. The van der Waals surface area contributed by atoms with Gasteiger partial charge in [-0.3, -0.25) is 14.5 Å². The number of ether oxygens (including phenoxy) is 2. The number of hydrogen-bond donors (Lipinski definition) is 1. The van der Waals surface area contributed by atoms with Gasteiger partial charge in [0.2, 0.25) is 5.91 Å². The summed E-state index contributed by atoms with van der Waals surface area (Å²) in [5.74, 6) is -0.293. The molecule has 9 heteroatoms. The summed E-state index contributed by atoms with van der Waals surface area (Å²) in [5.41, 5.74) is 2.56. The van der Waals surface area contributed by atoms with Gasteiger partial charge in [0.1, 0.15) is 11.6 Å². The van der Waals surface area contributed by atoms with E-state index in [0.29, 0.717) is 38.1 Å². The van der Waals surface area contributed by atoms with Crippen molar-refractivity contribution < 1.29 is 23.9 Å². The topological polar surface area (TPSA) is 116 Å². The molecule has 4 rings (SSSR count). The lowest BCUT2D eigenvalue weighted by atomic mass is 10.0. The van der Waals surface area contributed by atoms with Gasteiger partial charge in [0, 0.05) is 35.7 Å². The van der Waals surface area contributed by atoms with Crippen molar-refractivity contribution in [3.63, 3.8) is 0 Å². The van der Waals surface area contributed by atoms with E-state index in [1.165, 1.54) is 0 Å². The van der Waals surface area contributed by atoms with Crippen molar-refractivity contribution in [2.75, 3.05) is 19.7 Å². The maximum Gasteiger partial charge on any atom is 0.410 e. The summed E-state index contributed by atoms with van der Waals surface area (Å²) < 4.78 is 10.8. The number of nitrogens with zero attached hydrogens (tertiary/aromatic N) is 3. The fraction of sp³-hybridized carbons (Fsp3) is 0.586. The molecule has 3 heterocycles. The van der Waals surface area contributed by atoms with E-state index in [2.05, 4.69) is 11.1 Å². The standard InChI is InChI=1S/C29H38N4O5/c1-5-37-26(34)17-22-21-12-10-19(18-30)16-24(21)31-23(22)13-11-20-8-6-14-32(20)27(35)25-9-7-15-33(25)28(36)38-29(2,3)4/h10,12,16,20,25,31H,5-9,11,13-15,17H2,1-4H3/t20-,25+/m0/s1. The highest BCUT2D eigenvalue weighted by Gasteiger charge is 2.41. The van der Waals surface area contributed by atoms with Crippen LogP contribution in [0.15, 0.2) is 18.2 Å². The number of nitrogens with one attached hydrogen (secondary N) is 1. The van der Waals surface area contributed by atoms with Gasteiger partial charge in [0.25, 0.3) is 0 Å². The summed E-state index contributed by atoms with van der Waals surface area (Å²) in [6.45, 7) is 8.79. The molecule has 0 spiro atoms. The third-order valence-electron chi connectivity index (χ3n) is 7.30. The molecule has 0 saturated carbocycles. The summed E-state index contributed by atoms with van der Waals surface area (Å²) in [4.78, 5) is 45.7. The highest BCUT2D eigenvalue weighted by atomic mass is 16.6. The molecule has 2 aromatic rings. The number of aromatic nitrogens is 1. The number of nitriles is 1. The molecule has 2 aliphatic heterocycles. The smallest absolute Gasteiger partial charge is 0.410 e. The zero-order valence-corrected chi connectivity index (χ0v) is 22.8. The number of carbonyl (C=O) groups excluding carboxylic acids is 3. The highest BCUT2D eigenvalue weighted by Crippen LogP contribution is 2.30. The van der Waals surface area contributed by atoms with Gasteiger partial charge in [-0.15, -0.1) is 0 Å². The van der Waals surface area contributed by atoms with Crippen LogP contribution < -0.4 is 0 Å². The number of likely N-dealkylation sites (tertiary alicyclic amines) is 2. The van der Waals surface area contributed by atoms with Crippen LogP contribution in [-0.2, 0) is 31.9 Å². The summed E-state index contributed by atoms with van der Waals surface area (Å²) in [6.07, 6.45) is 4.36. The number of aromatic amines is 1. The van der Waals surface area contributed by atoms with Gasteiger partial charge >= 0.3 is 12.1 Å². The van der Waals surface area contributed by atoms with E-state index < -0.39 is 17.7 Å². The summed E-state index contributed by atoms with van der Waals surface area (Å²) in [7, 11) is 0. The molecule has 2 atom stereocenters. The minimum Gasteiger partial charge on any atom is -0.466 e. The fourth-order valence-electron chi connectivity index (χ4n) is 5.64. The van der Waals surface area contributed by atoms with Crippen LogP contribution in [-0.4, -0.2) is 70.1 Å². The van der Waals surface area contributed by atoms with E-state index in [-0.39, 0.29) is 24.3 Å². The third kappa shape index (κ3) is 6.12. The summed E-state index contributed by atoms with van der Waals surface area (Å²) in [6, 6.07) is 7.16. The molecule has 0 radical (unpaired) electrons. The maximum atomic E-state index is 13.6. The van der Waals surface area contributed by atoms with Gasteiger partial charge < -0.3 is 19.4 Å². The van der Waals surface area contributed by atoms with Crippen LogP contribution in [0.1, 0.15) is 76.6 Å². The molecular formula is C29H38N4O5. The molecule has 2 amide bonds. The Morgan fingerprint density at radius 3 is 2.58 bits per heavy atom. The first-order chi connectivity index (χ1) is 18.1. The van der Waals surface area contributed by atoms with E-state index >= 15 is 0 Å². The number of rotatable bonds is 7. The predicted molar refractivity (Wildman–Crippen MR) is 142 cm³/mol. The van der Waals surface area contributed by atoms with E-state index in [4.69, 9.17) is 9.47 Å². The number of H-pyrrole nitrogens is 1. The molecule has 0 unspecified atom stereocenters. The Morgan fingerprint density at radius 2 is 1.87 bits per heavy atom. The van der Waals surface area contributed by atoms with Crippen LogP contribution >= 0.6 is 0 Å². The minimum atomic E-state index is -0.613. The van der Waals surface area contributed by atoms with Crippen molar-refractivity contribution in [2.45, 2.75) is 90.3 Å². The normalized spacial score (nSPS) is 19.6. The number of fused-ring (bicyclic) bond motifs is 1. The van der Waals surface area contributed by atoms with Crippen molar-refractivity contribution in [3.05, 3.63) is 35.0 Å². The lowest BCUT2D eigenvalue weighted by Gasteiger charge is -2.32. The van der Waals surface area contributed by atoms with Crippen LogP contribution in [0, 0.1) is 11.3 Å². The SMILES string of the molecule is CCOC(=O)Cc1c(CC[C@@H]2CCCN2C(=O)[C@H]2CCCN2C(=O)OC(C)(C)C)[nH]c2cc(C#N)ccc12. The number of hydrogen-bond acceptors (Lipinski definition) is 6. The Labute approximate surface area is 224 Å². The van der Waals surface area contributed by atoms with Crippen molar-refractivity contribution >= 4 is 28.9 Å². The summed E-state index contributed by atoms with van der Waals surface area (Å²) >= 11 is 0. The average molecular weight is 523 g/mol. The molecule has 0 aliphatic carbocycles. The van der Waals surface area contributed by atoms with Crippen LogP contribution in [0.2, 0.25) is 0 Å². The molecule has 2 aliphatic rings. The Kier molecular flexibility index (Phi) is 8.29. The molecule has 204 valence electrons. The molecule has 0 bridgehead atoms. The highest BCUT2D eigenvalue weighted by molar-refractivity contribution is 5.90. The van der Waals surface area contributed by atoms with E-state index in [1.54, 1.807) is 24.0 Å². The van der Waals surface area contributed by atoms with E-state index in [1.807, 2.05) is 31.7 Å². The lowest BCUT2D eigenvalue weighted by Crippen LogP contribution is -2.50. The fourth-order valence-corrected chi connectivity index (χ4v) is 5.64. The Morgan fingerprint density at radius 1 is 1.13 bits per heavy atom. The Bertz CT molecular complexity index is 1240. The quantitative estimate of drug-likeness (QED) is 0.537. The zero-order chi connectivity index (χ0) is 27.4. The second-order valence-corrected chi connectivity index (χ2v) is 11.1. The van der Waals surface area contributed by atoms with Crippen LogP contribution in [0.3, 0.4) is 0 Å². The van der Waals surface area contributed by atoms with E-state index in [9.17, 15) is 19.6 Å². The molecular weight excluding hydrogens is 484 g/mol. The molecule has 2 saturated heterocycles. The number of carbonyl (C=O) groups is 3. The molecule has 2 fully saturated rings. The van der Waals surface area contributed by atoms with Crippen LogP contribution in [0.25, 0.3) is 10.9 Å². The Balaban J connectivity index is 1.49. The van der Waals surface area contributed by atoms with Crippen molar-refractivity contribution in [1.29, 1.82) is 5.26 Å². The van der Waals surface area contributed by atoms with Gasteiger partial charge in [-0.25, -0.2) is 4.79 Å². The van der Waals surface area contributed by atoms with E-state index in [0.717, 1.165) is 47.8 Å². The Hall–Kier alpha value is -3.54. The lowest BCUT2D eigenvalue weighted by molar-refractivity contribution is -0.142. The molecule has 1 aromatic heterocycles. The average Bonchev–Trinajstić information content (AvgIpc) is 3.60. The van der Waals surface area contributed by atoms with Gasteiger partial charge in [0.15, 0.2) is 0 Å². The predicted octanol–water partition coefficient (Wildman–Crippen LogP) is 4.47. The van der Waals surface area contributed by atoms with Gasteiger partial charge in [-0.05, 0) is 83.9 Å². The molecule has 9 nitrogen and oxygen atoms in total. The molecule has 38 heavy (non-hydrogen) atoms. The number of amides is 2. The van der Waals surface area contributed by atoms with Crippen molar-refractivity contribution in [1.82, 2.24) is 14.8 Å². The number of benzene rings is 1. The van der Waals surface area contributed by atoms with Crippen molar-refractivity contribution in [2.24, 2.45) is 0 Å². The first-order valence-corrected chi connectivity index (χ1v) is 13.6. The zero-order valence-electron chi connectivity index (χ0n) is 22.8. The van der Waals surface area contributed by atoms with Crippen LogP contribution in [0.5, 0.6) is 0 Å². The van der Waals surface area contributed by atoms with Gasteiger partial charge in [-0.1, -0.05) is 6.07 Å². The largest absolute Gasteiger partial charge is 0.466 e.